The first-order valence-electron chi connectivity index (χ1n) is 7.65. The van der Waals surface area contributed by atoms with Gasteiger partial charge in [-0.25, -0.2) is 4.98 Å². The molecule has 1 saturated heterocycles. The topological polar surface area (TPSA) is 172 Å². The van der Waals surface area contributed by atoms with Gasteiger partial charge in [0, 0.05) is 13.8 Å². The SMILES string of the molecule is CC(=O)O[C@@H]1[C@@H](CO)OC(n2cnc3c(=O)[nH]c(N)nc32)[C@@H]1OC(C)=O. The van der Waals surface area contributed by atoms with Gasteiger partial charge in [0.15, 0.2) is 29.6 Å². The van der Waals surface area contributed by atoms with Crippen LogP contribution in [0.3, 0.4) is 0 Å². The van der Waals surface area contributed by atoms with Gasteiger partial charge in [-0.05, 0) is 0 Å². The Morgan fingerprint density at radius 3 is 2.62 bits per heavy atom. The quantitative estimate of drug-likeness (QED) is 0.537. The maximum absolute atomic E-state index is 11.9. The van der Waals surface area contributed by atoms with Crippen molar-refractivity contribution in [3.63, 3.8) is 0 Å². The maximum Gasteiger partial charge on any atom is 0.303 e. The highest BCUT2D eigenvalue weighted by molar-refractivity contribution is 5.71. The third-order valence-electron chi connectivity index (χ3n) is 3.79. The molecule has 140 valence electrons. The molecule has 2 aromatic heterocycles. The van der Waals surface area contributed by atoms with Gasteiger partial charge in [-0.15, -0.1) is 0 Å². The molecule has 12 heteroatoms. The number of aliphatic hydroxyl groups excluding tert-OH is 1. The minimum Gasteiger partial charge on any atom is -0.456 e. The third-order valence-corrected chi connectivity index (χ3v) is 3.79. The van der Waals surface area contributed by atoms with Crippen LogP contribution in [0.15, 0.2) is 11.1 Å². The Hall–Kier alpha value is -2.99. The van der Waals surface area contributed by atoms with E-state index in [1.807, 2.05) is 0 Å². The number of hydrogen-bond acceptors (Lipinski definition) is 10. The van der Waals surface area contributed by atoms with E-state index in [4.69, 9.17) is 19.9 Å². The summed E-state index contributed by atoms with van der Waals surface area (Å²) in [6.07, 6.45) is -2.88. The molecule has 1 aliphatic rings. The lowest BCUT2D eigenvalue weighted by Crippen LogP contribution is -2.40. The number of rotatable bonds is 4. The highest BCUT2D eigenvalue weighted by Gasteiger charge is 2.50. The minimum absolute atomic E-state index is 0.000796. The van der Waals surface area contributed by atoms with Crippen molar-refractivity contribution in [1.29, 1.82) is 0 Å². The Morgan fingerprint density at radius 2 is 2.00 bits per heavy atom. The molecule has 0 bridgehead atoms. The zero-order chi connectivity index (χ0) is 19.0. The second kappa shape index (κ2) is 6.72. The summed E-state index contributed by atoms with van der Waals surface area (Å²) in [5, 5.41) is 9.55. The average molecular weight is 367 g/mol. The van der Waals surface area contributed by atoms with Gasteiger partial charge in [-0.2, -0.15) is 4.98 Å². The zero-order valence-electron chi connectivity index (χ0n) is 13.9. The van der Waals surface area contributed by atoms with Gasteiger partial charge in [-0.1, -0.05) is 0 Å². The van der Waals surface area contributed by atoms with Gasteiger partial charge < -0.3 is 25.1 Å². The van der Waals surface area contributed by atoms with E-state index in [1.165, 1.54) is 24.7 Å². The van der Waals surface area contributed by atoms with E-state index < -0.39 is 48.6 Å². The number of nitrogens with one attached hydrogen (secondary N) is 1. The fourth-order valence-electron chi connectivity index (χ4n) is 2.86. The minimum atomic E-state index is -1.09. The highest BCUT2D eigenvalue weighted by Crippen LogP contribution is 2.35. The fourth-order valence-corrected chi connectivity index (χ4v) is 2.86. The number of aliphatic hydroxyl groups is 1. The number of fused-ring (bicyclic) bond motifs is 1. The fraction of sp³-hybridized carbons (Fsp3) is 0.500. The van der Waals surface area contributed by atoms with E-state index in [2.05, 4.69) is 15.0 Å². The summed E-state index contributed by atoms with van der Waals surface area (Å²) in [4.78, 5) is 45.1. The lowest BCUT2D eigenvalue weighted by atomic mass is 10.1. The van der Waals surface area contributed by atoms with Crippen molar-refractivity contribution >= 4 is 29.1 Å². The molecular weight excluding hydrogens is 350 g/mol. The van der Waals surface area contributed by atoms with Crippen LogP contribution in [0.4, 0.5) is 5.95 Å². The summed E-state index contributed by atoms with van der Waals surface area (Å²) in [7, 11) is 0. The van der Waals surface area contributed by atoms with Gasteiger partial charge >= 0.3 is 11.9 Å². The van der Waals surface area contributed by atoms with Crippen molar-refractivity contribution in [3.8, 4) is 0 Å². The largest absolute Gasteiger partial charge is 0.456 e. The molecule has 12 nitrogen and oxygen atoms in total. The summed E-state index contributed by atoms with van der Waals surface area (Å²) in [6.45, 7) is 1.87. The molecule has 4 N–H and O–H groups in total. The number of esters is 2. The van der Waals surface area contributed by atoms with Crippen molar-refractivity contribution in [2.45, 2.75) is 38.4 Å². The molecular formula is C14H17N5O7. The molecule has 3 rings (SSSR count). The molecule has 2 aromatic rings. The van der Waals surface area contributed by atoms with Gasteiger partial charge in [0.1, 0.15) is 6.10 Å². The first-order chi connectivity index (χ1) is 12.3. The van der Waals surface area contributed by atoms with Crippen molar-refractivity contribution in [2.24, 2.45) is 0 Å². The zero-order valence-corrected chi connectivity index (χ0v) is 13.9. The van der Waals surface area contributed by atoms with Crippen LogP contribution in [0.5, 0.6) is 0 Å². The Bertz CT molecular complexity index is 907. The number of aromatic amines is 1. The van der Waals surface area contributed by atoms with Crippen molar-refractivity contribution in [2.75, 3.05) is 12.3 Å². The molecule has 1 unspecified atom stereocenters. The predicted molar refractivity (Wildman–Crippen MR) is 84.7 cm³/mol. The Labute approximate surface area is 145 Å². The van der Waals surface area contributed by atoms with E-state index in [-0.39, 0.29) is 17.1 Å². The number of nitrogens with zero attached hydrogens (tertiary/aromatic N) is 3. The summed E-state index contributed by atoms with van der Waals surface area (Å²) in [6, 6.07) is 0. The molecule has 1 aliphatic heterocycles. The van der Waals surface area contributed by atoms with Crippen LogP contribution in [-0.4, -0.2) is 61.5 Å². The number of carbonyl (C=O) groups is 2. The number of aromatic nitrogens is 4. The van der Waals surface area contributed by atoms with Crippen molar-refractivity contribution in [1.82, 2.24) is 19.5 Å². The molecule has 4 atom stereocenters. The molecule has 0 aliphatic carbocycles. The smallest absolute Gasteiger partial charge is 0.303 e. The summed E-state index contributed by atoms with van der Waals surface area (Å²) in [5.74, 6) is -1.42. The van der Waals surface area contributed by atoms with Gasteiger partial charge in [-0.3, -0.25) is 23.9 Å². The first kappa shape index (κ1) is 17.8. The van der Waals surface area contributed by atoms with E-state index in [0.717, 1.165) is 0 Å². The Balaban J connectivity index is 2.08. The van der Waals surface area contributed by atoms with Crippen LogP contribution in [0.1, 0.15) is 20.1 Å². The van der Waals surface area contributed by atoms with Crippen LogP contribution in [0.2, 0.25) is 0 Å². The van der Waals surface area contributed by atoms with Crippen molar-refractivity contribution in [3.05, 3.63) is 16.7 Å². The molecule has 0 radical (unpaired) electrons. The first-order valence-corrected chi connectivity index (χ1v) is 7.65. The molecule has 26 heavy (non-hydrogen) atoms. The number of H-pyrrole nitrogens is 1. The van der Waals surface area contributed by atoms with E-state index >= 15 is 0 Å². The summed E-state index contributed by atoms with van der Waals surface area (Å²) in [5.41, 5.74) is 5.11. The molecule has 3 heterocycles. The summed E-state index contributed by atoms with van der Waals surface area (Å²) < 4.78 is 17.5. The molecule has 0 spiro atoms. The Kier molecular flexibility index (Phi) is 4.61. The van der Waals surface area contributed by atoms with Gasteiger partial charge in [0.2, 0.25) is 5.95 Å². The lowest BCUT2D eigenvalue weighted by Gasteiger charge is -2.23. The lowest BCUT2D eigenvalue weighted by molar-refractivity contribution is -0.165. The molecule has 1 fully saturated rings. The summed E-state index contributed by atoms with van der Waals surface area (Å²) >= 11 is 0. The number of carbonyl (C=O) groups excluding carboxylic acids is 2. The van der Waals surface area contributed by atoms with E-state index in [0.29, 0.717) is 0 Å². The normalized spacial score (nSPS) is 25.3. The second-order valence-electron chi connectivity index (χ2n) is 5.67. The van der Waals surface area contributed by atoms with E-state index in [9.17, 15) is 19.5 Å². The molecule has 0 saturated carbocycles. The van der Waals surface area contributed by atoms with Crippen LogP contribution in [0.25, 0.3) is 11.2 Å². The van der Waals surface area contributed by atoms with Crippen LogP contribution < -0.4 is 11.3 Å². The average Bonchev–Trinajstić information content (AvgIpc) is 3.09. The highest BCUT2D eigenvalue weighted by atomic mass is 16.6. The molecule has 0 aromatic carbocycles. The van der Waals surface area contributed by atoms with Gasteiger partial charge in [0.05, 0.1) is 12.9 Å². The van der Waals surface area contributed by atoms with Crippen LogP contribution in [-0.2, 0) is 23.8 Å². The van der Waals surface area contributed by atoms with Crippen molar-refractivity contribution < 1.29 is 28.9 Å². The van der Waals surface area contributed by atoms with Gasteiger partial charge in [0.25, 0.3) is 5.56 Å². The molecule has 0 amide bonds. The monoisotopic (exact) mass is 367 g/mol. The number of nitrogen functional groups attached to an aromatic ring is 1. The predicted octanol–water partition coefficient (Wildman–Crippen LogP) is -1.55. The third kappa shape index (κ3) is 3.11. The standard InChI is InChI=1S/C14H17N5O7/c1-5(21)24-9-7(3-20)26-13(10(9)25-6(2)22)19-4-16-8-11(19)17-14(15)18-12(8)23/h4,7,9-10,13,20H,3H2,1-2H3,(H3,15,17,18,23)/t7-,9-,10-,13?/m1/s1. The second-order valence-corrected chi connectivity index (χ2v) is 5.67. The number of imidazole rings is 1. The maximum atomic E-state index is 11.9. The van der Waals surface area contributed by atoms with E-state index in [1.54, 1.807) is 0 Å². The van der Waals surface area contributed by atoms with Crippen LogP contribution in [0, 0.1) is 0 Å². The number of nitrogens with two attached hydrogens (primary N) is 1. The Morgan fingerprint density at radius 1 is 1.35 bits per heavy atom. The van der Waals surface area contributed by atoms with Crippen LogP contribution >= 0.6 is 0 Å². The number of hydrogen-bond donors (Lipinski definition) is 3. The number of anilines is 1. The number of ether oxygens (including phenoxy) is 3.